The van der Waals surface area contributed by atoms with E-state index in [1.165, 1.54) is 13.0 Å². The molecule has 0 unspecified atom stereocenters. The molecule has 0 atom stereocenters. The first kappa shape index (κ1) is 14.3. The van der Waals surface area contributed by atoms with Crippen molar-refractivity contribution >= 4 is 5.78 Å². The molecule has 0 bridgehead atoms. The van der Waals surface area contributed by atoms with Gasteiger partial charge in [0.25, 0.3) is 0 Å². The summed E-state index contributed by atoms with van der Waals surface area (Å²) in [5, 5.41) is 0. The van der Waals surface area contributed by atoms with E-state index < -0.39 is 11.7 Å². The predicted octanol–water partition coefficient (Wildman–Crippen LogP) is 4.88. The van der Waals surface area contributed by atoms with Crippen LogP contribution in [0.5, 0.6) is 0 Å². The van der Waals surface area contributed by atoms with E-state index in [0.29, 0.717) is 16.7 Å². The SMILES string of the molecule is CC(=O)c1cc(C)cc(-c2cccc(C(F)(F)F)c2)c1. The second-order valence-corrected chi connectivity index (χ2v) is 4.72. The summed E-state index contributed by atoms with van der Waals surface area (Å²) < 4.78 is 38.1. The van der Waals surface area contributed by atoms with Gasteiger partial charge in [-0.15, -0.1) is 0 Å². The molecule has 0 fully saturated rings. The van der Waals surface area contributed by atoms with E-state index >= 15 is 0 Å². The van der Waals surface area contributed by atoms with E-state index in [0.717, 1.165) is 17.7 Å². The Morgan fingerprint density at radius 3 is 2.30 bits per heavy atom. The number of carbonyl (C=O) groups excluding carboxylic acids is 1. The molecule has 104 valence electrons. The van der Waals surface area contributed by atoms with Gasteiger partial charge in [0.15, 0.2) is 5.78 Å². The Labute approximate surface area is 115 Å². The minimum Gasteiger partial charge on any atom is -0.295 e. The lowest BCUT2D eigenvalue weighted by Gasteiger charge is -2.10. The molecule has 1 nitrogen and oxygen atoms in total. The topological polar surface area (TPSA) is 17.1 Å². The molecular formula is C16H13F3O. The van der Waals surface area contributed by atoms with E-state index in [1.807, 2.05) is 6.92 Å². The Morgan fingerprint density at radius 2 is 1.70 bits per heavy atom. The highest BCUT2D eigenvalue weighted by molar-refractivity contribution is 5.95. The summed E-state index contributed by atoms with van der Waals surface area (Å²) in [5.41, 5.74) is 1.70. The van der Waals surface area contributed by atoms with Crippen LogP contribution in [-0.2, 0) is 6.18 Å². The first-order valence-electron chi connectivity index (χ1n) is 6.07. The number of benzene rings is 2. The molecule has 0 aliphatic carbocycles. The van der Waals surface area contributed by atoms with Crippen molar-refractivity contribution in [1.82, 2.24) is 0 Å². The number of ketones is 1. The van der Waals surface area contributed by atoms with Crippen LogP contribution in [0, 0.1) is 6.92 Å². The van der Waals surface area contributed by atoms with Crippen LogP contribution in [0.3, 0.4) is 0 Å². The summed E-state index contributed by atoms with van der Waals surface area (Å²) in [6.45, 7) is 3.24. The molecule has 0 amide bonds. The van der Waals surface area contributed by atoms with Gasteiger partial charge in [0.1, 0.15) is 0 Å². The fourth-order valence-corrected chi connectivity index (χ4v) is 2.03. The van der Waals surface area contributed by atoms with Crippen LogP contribution in [0.1, 0.15) is 28.4 Å². The highest BCUT2D eigenvalue weighted by Crippen LogP contribution is 2.32. The molecule has 0 saturated heterocycles. The molecular weight excluding hydrogens is 265 g/mol. The first-order valence-corrected chi connectivity index (χ1v) is 6.07. The van der Waals surface area contributed by atoms with Crippen molar-refractivity contribution < 1.29 is 18.0 Å². The normalized spacial score (nSPS) is 11.4. The summed E-state index contributed by atoms with van der Waals surface area (Å²) in [6, 6.07) is 10.2. The Hall–Kier alpha value is -2.10. The molecule has 2 aromatic rings. The molecule has 4 heteroatoms. The molecule has 0 saturated carbocycles. The fourth-order valence-electron chi connectivity index (χ4n) is 2.03. The van der Waals surface area contributed by atoms with Crippen LogP contribution < -0.4 is 0 Å². The third kappa shape index (κ3) is 3.07. The Balaban J connectivity index is 2.54. The standard InChI is InChI=1S/C16H13F3O/c1-10-6-13(11(2)20)8-14(7-10)12-4-3-5-15(9-12)16(17,18)19/h3-9H,1-2H3. The van der Waals surface area contributed by atoms with Gasteiger partial charge >= 0.3 is 6.18 Å². The van der Waals surface area contributed by atoms with Crippen LogP contribution in [0.25, 0.3) is 11.1 Å². The first-order chi connectivity index (χ1) is 9.27. The zero-order chi connectivity index (χ0) is 14.9. The van der Waals surface area contributed by atoms with Gasteiger partial charge in [-0.05, 0) is 54.8 Å². The van der Waals surface area contributed by atoms with Crippen LogP contribution in [0.15, 0.2) is 42.5 Å². The summed E-state index contributed by atoms with van der Waals surface area (Å²) in [6.07, 6.45) is -4.37. The van der Waals surface area contributed by atoms with Gasteiger partial charge in [-0.25, -0.2) is 0 Å². The summed E-state index contributed by atoms with van der Waals surface area (Å²) in [7, 11) is 0. The molecule has 0 spiro atoms. The Bertz CT molecular complexity index is 657. The second kappa shape index (κ2) is 5.12. The maximum atomic E-state index is 12.7. The maximum Gasteiger partial charge on any atom is 0.416 e. The number of hydrogen-bond donors (Lipinski definition) is 0. The average molecular weight is 278 g/mol. The van der Waals surface area contributed by atoms with E-state index in [1.54, 1.807) is 24.3 Å². The molecule has 0 aliphatic heterocycles. The van der Waals surface area contributed by atoms with Crippen LogP contribution in [0.4, 0.5) is 13.2 Å². The van der Waals surface area contributed by atoms with Gasteiger partial charge < -0.3 is 0 Å². The molecule has 0 radical (unpaired) electrons. The third-order valence-electron chi connectivity index (χ3n) is 3.01. The van der Waals surface area contributed by atoms with Crippen molar-refractivity contribution in [3.8, 4) is 11.1 Å². The minimum absolute atomic E-state index is 0.109. The number of rotatable bonds is 2. The number of hydrogen-bond acceptors (Lipinski definition) is 1. The molecule has 20 heavy (non-hydrogen) atoms. The summed E-state index contributed by atoms with van der Waals surface area (Å²) in [4.78, 5) is 11.4. The van der Waals surface area contributed by atoms with Crippen molar-refractivity contribution in [1.29, 1.82) is 0 Å². The monoisotopic (exact) mass is 278 g/mol. The van der Waals surface area contributed by atoms with Gasteiger partial charge in [0.05, 0.1) is 5.56 Å². The number of Topliss-reactive ketones (excluding diaryl/α,β-unsaturated/α-hetero) is 1. The van der Waals surface area contributed by atoms with E-state index in [4.69, 9.17) is 0 Å². The van der Waals surface area contributed by atoms with E-state index in [9.17, 15) is 18.0 Å². The zero-order valence-electron chi connectivity index (χ0n) is 11.1. The largest absolute Gasteiger partial charge is 0.416 e. The molecule has 0 heterocycles. The maximum absolute atomic E-state index is 12.7. The van der Waals surface area contributed by atoms with Crippen molar-refractivity contribution in [2.45, 2.75) is 20.0 Å². The van der Waals surface area contributed by atoms with Gasteiger partial charge in [0, 0.05) is 5.56 Å². The fraction of sp³-hybridized carbons (Fsp3) is 0.188. The van der Waals surface area contributed by atoms with Gasteiger partial charge in [-0.1, -0.05) is 18.2 Å². The average Bonchev–Trinajstić information content (AvgIpc) is 2.37. The van der Waals surface area contributed by atoms with Gasteiger partial charge in [-0.3, -0.25) is 4.79 Å². The van der Waals surface area contributed by atoms with Crippen molar-refractivity contribution in [2.75, 3.05) is 0 Å². The number of carbonyl (C=O) groups is 1. The summed E-state index contributed by atoms with van der Waals surface area (Å²) in [5.74, 6) is -0.109. The van der Waals surface area contributed by atoms with Crippen molar-refractivity contribution in [3.05, 3.63) is 59.2 Å². The lowest BCUT2D eigenvalue weighted by atomic mass is 9.97. The minimum atomic E-state index is -4.37. The lowest BCUT2D eigenvalue weighted by molar-refractivity contribution is -0.137. The highest BCUT2D eigenvalue weighted by Gasteiger charge is 2.30. The zero-order valence-corrected chi connectivity index (χ0v) is 11.1. The Morgan fingerprint density at radius 1 is 1.00 bits per heavy atom. The van der Waals surface area contributed by atoms with Gasteiger partial charge in [-0.2, -0.15) is 13.2 Å². The molecule has 2 rings (SSSR count). The smallest absolute Gasteiger partial charge is 0.295 e. The highest BCUT2D eigenvalue weighted by atomic mass is 19.4. The second-order valence-electron chi connectivity index (χ2n) is 4.72. The molecule has 0 N–H and O–H groups in total. The van der Waals surface area contributed by atoms with Gasteiger partial charge in [0.2, 0.25) is 0 Å². The quantitative estimate of drug-likeness (QED) is 0.715. The lowest BCUT2D eigenvalue weighted by Crippen LogP contribution is -2.04. The van der Waals surface area contributed by atoms with Crippen molar-refractivity contribution in [2.24, 2.45) is 0 Å². The van der Waals surface area contributed by atoms with Crippen molar-refractivity contribution in [3.63, 3.8) is 0 Å². The number of halogens is 3. The van der Waals surface area contributed by atoms with E-state index in [-0.39, 0.29) is 5.78 Å². The third-order valence-corrected chi connectivity index (χ3v) is 3.01. The molecule has 0 aliphatic rings. The number of alkyl halides is 3. The molecule has 0 aromatic heterocycles. The summed E-state index contributed by atoms with van der Waals surface area (Å²) >= 11 is 0. The Kier molecular flexibility index (Phi) is 3.66. The van der Waals surface area contributed by atoms with Crippen LogP contribution in [-0.4, -0.2) is 5.78 Å². The number of aryl methyl sites for hydroxylation is 1. The van der Waals surface area contributed by atoms with E-state index in [2.05, 4.69) is 0 Å². The predicted molar refractivity (Wildman–Crippen MR) is 71.6 cm³/mol. The van der Waals surface area contributed by atoms with Crippen LogP contribution >= 0.6 is 0 Å². The molecule has 2 aromatic carbocycles. The van der Waals surface area contributed by atoms with Crippen LogP contribution in [0.2, 0.25) is 0 Å².